The zero-order valence-corrected chi connectivity index (χ0v) is 15.7. The molecule has 2 fully saturated rings. The number of aryl methyl sites for hydroxylation is 1. The van der Waals surface area contributed by atoms with Crippen LogP contribution in [0, 0.1) is 12.7 Å². The molecule has 0 radical (unpaired) electrons. The maximum atomic E-state index is 13.3. The SMILES string of the molecule is Cc1cncc(CN2CC[C@H]3N(c4ccc(F)cc4)C(=O)CO[C@]3(C)C2)c1. The van der Waals surface area contributed by atoms with Gasteiger partial charge >= 0.3 is 0 Å². The minimum Gasteiger partial charge on any atom is -0.362 e. The molecule has 2 aromatic rings. The van der Waals surface area contributed by atoms with Crippen LogP contribution in [0.25, 0.3) is 0 Å². The molecule has 0 N–H and O–H groups in total. The van der Waals surface area contributed by atoms with Crippen LogP contribution in [0.4, 0.5) is 10.1 Å². The number of amides is 1. The standard InChI is InChI=1S/C21H24FN3O2/c1-15-9-16(11-23-10-15)12-24-8-7-19-21(2,14-24)27-13-20(26)25(19)18-5-3-17(22)4-6-18/h3-6,9-11,19H,7-8,12-14H2,1-2H3/t19-,21-/m1/s1. The quantitative estimate of drug-likeness (QED) is 0.835. The number of carbonyl (C=O) groups excluding carboxylic acids is 1. The van der Waals surface area contributed by atoms with Crippen molar-refractivity contribution in [3.8, 4) is 0 Å². The lowest BCUT2D eigenvalue weighted by Crippen LogP contribution is -2.67. The summed E-state index contributed by atoms with van der Waals surface area (Å²) in [5.74, 6) is -0.371. The number of hydrogen-bond donors (Lipinski definition) is 0. The Morgan fingerprint density at radius 3 is 2.81 bits per heavy atom. The van der Waals surface area contributed by atoms with Crippen molar-refractivity contribution in [3.63, 3.8) is 0 Å². The molecule has 142 valence electrons. The first-order valence-electron chi connectivity index (χ1n) is 9.29. The third-order valence-electron chi connectivity index (χ3n) is 5.51. The molecule has 1 aromatic carbocycles. The number of benzene rings is 1. The predicted octanol–water partition coefficient (Wildman–Crippen LogP) is 2.93. The Labute approximate surface area is 158 Å². The van der Waals surface area contributed by atoms with Crippen molar-refractivity contribution in [2.24, 2.45) is 0 Å². The number of ether oxygens (including phenoxy) is 1. The van der Waals surface area contributed by atoms with E-state index in [1.807, 2.05) is 19.3 Å². The number of pyridine rings is 1. The highest BCUT2D eigenvalue weighted by Crippen LogP contribution is 2.36. The molecule has 0 unspecified atom stereocenters. The average Bonchev–Trinajstić information content (AvgIpc) is 2.63. The number of rotatable bonds is 3. The van der Waals surface area contributed by atoms with Gasteiger partial charge in [-0.3, -0.25) is 14.7 Å². The van der Waals surface area contributed by atoms with Gasteiger partial charge in [-0.1, -0.05) is 6.07 Å². The van der Waals surface area contributed by atoms with Crippen molar-refractivity contribution >= 4 is 11.6 Å². The molecule has 0 bridgehead atoms. The largest absolute Gasteiger partial charge is 0.362 e. The minimum atomic E-state index is -0.461. The smallest absolute Gasteiger partial charge is 0.253 e. The van der Waals surface area contributed by atoms with E-state index in [1.165, 1.54) is 17.7 Å². The molecule has 2 aliphatic heterocycles. The third kappa shape index (κ3) is 3.59. The highest BCUT2D eigenvalue weighted by Gasteiger charge is 2.49. The van der Waals surface area contributed by atoms with E-state index < -0.39 is 5.60 Å². The summed E-state index contributed by atoms with van der Waals surface area (Å²) in [4.78, 5) is 21.0. The Kier molecular flexibility index (Phi) is 4.70. The molecule has 0 spiro atoms. The number of hydrogen-bond acceptors (Lipinski definition) is 4. The van der Waals surface area contributed by atoms with Crippen LogP contribution in [-0.4, -0.2) is 47.1 Å². The number of likely N-dealkylation sites (tertiary alicyclic amines) is 1. The highest BCUT2D eigenvalue weighted by molar-refractivity contribution is 5.96. The van der Waals surface area contributed by atoms with Gasteiger partial charge < -0.3 is 9.64 Å². The summed E-state index contributed by atoms with van der Waals surface area (Å²) in [6.07, 6.45) is 4.56. The van der Waals surface area contributed by atoms with Gasteiger partial charge in [0.15, 0.2) is 0 Å². The van der Waals surface area contributed by atoms with Gasteiger partial charge in [-0.05, 0) is 55.7 Å². The van der Waals surface area contributed by atoms with Gasteiger partial charge in [0.05, 0.1) is 11.6 Å². The van der Waals surface area contributed by atoms with Gasteiger partial charge in [0.1, 0.15) is 12.4 Å². The normalized spacial score (nSPS) is 26.1. The van der Waals surface area contributed by atoms with E-state index in [4.69, 9.17) is 4.74 Å². The lowest BCUT2D eigenvalue weighted by molar-refractivity contribution is -0.152. The van der Waals surface area contributed by atoms with Gasteiger partial charge in [-0.2, -0.15) is 0 Å². The second kappa shape index (κ2) is 7.02. The summed E-state index contributed by atoms with van der Waals surface area (Å²) in [7, 11) is 0. The average molecular weight is 369 g/mol. The number of nitrogens with zero attached hydrogens (tertiary/aromatic N) is 3. The van der Waals surface area contributed by atoms with Crippen LogP contribution in [0.2, 0.25) is 0 Å². The van der Waals surface area contributed by atoms with Crippen LogP contribution < -0.4 is 4.90 Å². The minimum absolute atomic E-state index is 0.0459. The summed E-state index contributed by atoms with van der Waals surface area (Å²) in [6, 6.07) is 8.23. The molecule has 1 amide bonds. The van der Waals surface area contributed by atoms with Gasteiger partial charge in [0.2, 0.25) is 0 Å². The Hall–Kier alpha value is -2.31. The molecule has 2 atom stereocenters. The number of morpholine rings is 1. The molecule has 2 saturated heterocycles. The van der Waals surface area contributed by atoms with Crippen LogP contribution in [-0.2, 0) is 16.1 Å². The van der Waals surface area contributed by atoms with E-state index in [2.05, 4.69) is 22.9 Å². The highest BCUT2D eigenvalue weighted by atomic mass is 19.1. The predicted molar refractivity (Wildman–Crippen MR) is 101 cm³/mol. The fraction of sp³-hybridized carbons (Fsp3) is 0.429. The number of fused-ring (bicyclic) bond motifs is 1. The molecule has 0 aliphatic carbocycles. The summed E-state index contributed by atoms with van der Waals surface area (Å²) in [5, 5.41) is 0. The molecule has 0 saturated carbocycles. The Morgan fingerprint density at radius 2 is 2.07 bits per heavy atom. The van der Waals surface area contributed by atoms with Gasteiger partial charge in [0.25, 0.3) is 5.91 Å². The van der Waals surface area contributed by atoms with Crippen molar-refractivity contribution in [1.82, 2.24) is 9.88 Å². The van der Waals surface area contributed by atoms with Crippen molar-refractivity contribution in [3.05, 3.63) is 59.7 Å². The molecule has 2 aliphatic rings. The summed E-state index contributed by atoms with van der Waals surface area (Å²) < 4.78 is 19.3. The summed E-state index contributed by atoms with van der Waals surface area (Å²) in [6.45, 7) is 6.57. The number of aromatic nitrogens is 1. The van der Waals surface area contributed by atoms with Gasteiger partial charge in [-0.15, -0.1) is 0 Å². The zero-order valence-electron chi connectivity index (χ0n) is 15.7. The monoisotopic (exact) mass is 369 g/mol. The van der Waals surface area contributed by atoms with E-state index in [-0.39, 0.29) is 24.4 Å². The van der Waals surface area contributed by atoms with E-state index in [9.17, 15) is 9.18 Å². The molecule has 6 heteroatoms. The Bertz CT molecular complexity index is 842. The number of piperidine rings is 1. The van der Waals surface area contributed by atoms with Crippen molar-refractivity contribution in [1.29, 1.82) is 0 Å². The van der Waals surface area contributed by atoms with Crippen LogP contribution in [0.3, 0.4) is 0 Å². The fourth-order valence-electron chi connectivity index (χ4n) is 4.28. The zero-order chi connectivity index (χ0) is 19.0. The molecule has 27 heavy (non-hydrogen) atoms. The third-order valence-corrected chi connectivity index (χ3v) is 5.51. The first-order chi connectivity index (χ1) is 12.9. The topological polar surface area (TPSA) is 45.7 Å². The maximum absolute atomic E-state index is 13.3. The van der Waals surface area contributed by atoms with Crippen molar-refractivity contribution in [2.45, 2.75) is 38.5 Å². The number of halogens is 1. The number of carbonyl (C=O) groups is 1. The molecule has 3 heterocycles. The lowest BCUT2D eigenvalue weighted by atomic mass is 9.85. The second-order valence-electron chi connectivity index (χ2n) is 7.73. The Balaban J connectivity index is 1.54. The molecular weight excluding hydrogens is 345 g/mol. The summed E-state index contributed by atoms with van der Waals surface area (Å²) in [5.41, 5.74) is 2.60. The lowest BCUT2D eigenvalue weighted by Gasteiger charge is -2.52. The van der Waals surface area contributed by atoms with Gasteiger partial charge in [-0.25, -0.2) is 4.39 Å². The molecular formula is C21H24FN3O2. The van der Waals surface area contributed by atoms with E-state index in [0.717, 1.165) is 37.3 Å². The van der Waals surface area contributed by atoms with E-state index >= 15 is 0 Å². The van der Waals surface area contributed by atoms with Crippen molar-refractivity contribution < 1.29 is 13.9 Å². The molecule has 1 aromatic heterocycles. The molecule has 5 nitrogen and oxygen atoms in total. The van der Waals surface area contributed by atoms with E-state index in [0.29, 0.717) is 0 Å². The van der Waals surface area contributed by atoms with Crippen LogP contribution >= 0.6 is 0 Å². The second-order valence-corrected chi connectivity index (χ2v) is 7.73. The van der Waals surface area contributed by atoms with Crippen LogP contribution in [0.5, 0.6) is 0 Å². The fourth-order valence-corrected chi connectivity index (χ4v) is 4.28. The first-order valence-corrected chi connectivity index (χ1v) is 9.29. The first kappa shape index (κ1) is 18.1. The molecule has 4 rings (SSSR count). The summed E-state index contributed by atoms with van der Waals surface area (Å²) >= 11 is 0. The van der Waals surface area contributed by atoms with Gasteiger partial charge in [0, 0.05) is 37.7 Å². The van der Waals surface area contributed by atoms with Crippen LogP contribution in [0.15, 0.2) is 42.7 Å². The van der Waals surface area contributed by atoms with Crippen molar-refractivity contribution in [2.75, 3.05) is 24.6 Å². The number of anilines is 1. The Morgan fingerprint density at radius 1 is 1.30 bits per heavy atom. The van der Waals surface area contributed by atoms with E-state index in [1.54, 1.807) is 17.0 Å². The van der Waals surface area contributed by atoms with Crippen LogP contribution in [0.1, 0.15) is 24.5 Å². The maximum Gasteiger partial charge on any atom is 0.253 e.